The quantitative estimate of drug-likeness (QED) is 0.903. The fraction of sp³-hybridized carbons (Fsp3) is 0.643. The van der Waals surface area contributed by atoms with E-state index in [4.69, 9.17) is 4.42 Å². The van der Waals surface area contributed by atoms with Crippen molar-refractivity contribution in [3.8, 4) is 0 Å². The van der Waals surface area contributed by atoms with E-state index < -0.39 is 0 Å². The third-order valence-corrected chi connectivity index (χ3v) is 4.12. The van der Waals surface area contributed by atoms with Crippen LogP contribution in [0, 0.1) is 0 Å². The summed E-state index contributed by atoms with van der Waals surface area (Å²) >= 11 is 3.28. The Balaban J connectivity index is 2.04. The summed E-state index contributed by atoms with van der Waals surface area (Å²) in [7, 11) is 1.84. The van der Waals surface area contributed by atoms with E-state index in [1.807, 2.05) is 19.2 Å². The molecule has 4 nitrogen and oxygen atoms in total. The summed E-state index contributed by atoms with van der Waals surface area (Å²) in [5.74, 6) is 0.978. The minimum atomic E-state index is -0.354. The molecular weight excluding hydrogens is 308 g/mol. The fourth-order valence-electron chi connectivity index (χ4n) is 2.84. The number of furan rings is 1. The van der Waals surface area contributed by atoms with Gasteiger partial charge < -0.3 is 14.6 Å². The highest BCUT2D eigenvalue weighted by molar-refractivity contribution is 9.10. The van der Waals surface area contributed by atoms with Gasteiger partial charge in [0.15, 0.2) is 4.67 Å². The zero-order valence-electron chi connectivity index (χ0n) is 11.5. The van der Waals surface area contributed by atoms with Crippen molar-refractivity contribution in [3.05, 3.63) is 22.6 Å². The van der Waals surface area contributed by atoms with E-state index in [1.54, 1.807) is 4.90 Å². The first-order valence-electron chi connectivity index (χ1n) is 6.82. The minimum absolute atomic E-state index is 0.180. The van der Waals surface area contributed by atoms with Crippen molar-refractivity contribution in [2.75, 3.05) is 13.6 Å². The SMILES string of the molecule is CCCC1(C(=O)N(C)Cc2ccc(Br)o2)CCCN1. The minimum Gasteiger partial charge on any atom is -0.452 e. The third kappa shape index (κ3) is 3.20. The summed E-state index contributed by atoms with van der Waals surface area (Å²) < 4.78 is 6.16. The van der Waals surface area contributed by atoms with E-state index in [9.17, 15) is 4.79 Å². The lowest BCUT2D eigenvalue weighted by Gasteiger charge is -2.32. The van der Waals surface area contributed by atoms with Gasteiger partial charge in [-0.05, 0) is 53.9 Å². The maximum absolute atomic E-state index is 12.7. The highest BCUT2D eigenvalue weighted by Gasteiger charge is 2.41. The van der Waals surface area contributed by atoms with Gasteiger partial charge in [0.05, 0.1) is 12.1 Å². The number of hydrogen-bond donors (Lipinski definition) is 1. The van der Waals surface area contributed by atoms with E-state index in [0.29, 0.717) is 11.2 Å². The van der Waals surface area contributed by atoms with Crippen molar-refractivity contribution in [2.24, 2.45) is 0 Å². The molecular formula is C14H21BrN2O2. The predicted molar refractivity (Wildman–Crippen MR) is 77.8 cm³/mol. The van der Waals surface area contributed by atoms with E-state index in [2.05, 4.69) is 28.2 Å². The van der Waals surface area contributed by atoms with Crippen LogP contribution in [-0.4, -0.2) is 29.9 Å². The average Bonchev–Trinajstić information content (AvgIpc) is 2.99. The number of carbonyl (C=O) groups excluding carboxylic acids is 1. The molecule has 1 saturated heterocycles. The lowest BCUT2D eigenvalue weighted by atomic mass is 9.90. The molecule has 2 rings (SSSR count). The molecule has 1 aliphatic rings. The van der Waals surface area contributed by atoms with E-state index in [-0.39, 0.29) is 11.4 Å². The van der Waals surface area contributed by atoms with Crippen LogP contribution in [0.5, 0.6) is 0 Å². The molecule has 1 aromatic rings. The zero-order chi connectivity index (χ0) is 13.9. The van der Waals surface area contributed by atoms with Gasteiger partial charge in [-0.2, -0.15) is 0 Å². The number of amides is 1. The molecule has 1 aromatic heterocycles. The number of nitrogens with one attached hydrogen (secondary N) is 1. The molecule has 19 heavy (non-hydrogen) atoms. The van der Waals surface area contributed by atoms with Gasteiger partial charge in [0.25, 0.3) is 0 Å². The van der Waals surface area contributed by atoms with Crippen molar-refractivity contribution in [1.82, 2.24) is 10.2 Å². The number of rotatable bonds is 5. The molecule has 0 aromatic carbocycles. The second-order valence-corrected chi connectivity index (χ2v) is 6.01. The monoisotopic (exact) mass is 328 g/mol. The van der Waals surface area contributed by atoms with Crippen LogP contribution in [0.1, 0.15) is 38.4 Å². The van der Waals surface area contributed by atoms with Crippen LogP contribution in [0.4, 0.5) is 0 Å². The Morgan fingerprint density at radius 2 is 2.37 bits per heavy atom. The van der Waals surface area contributed by atoms with E-state index in [0.717, 1.165) is 38.0 Å². The van der Waals surface area contributed by atoms with Crippen LogP contribution in [0.2, 0.25) is 0 Å². The normalized spacial score (nSPS) is 22.7. The van der Waals surface area contributed by atoms with Gasteiger partial charge in [-0.3, -0.25) is 4.79 Å². The van der Waals surface area contributed by atoms with Gasteiger partial charge in [-0.15, -0.1) is 0 Å². The molecule has 0 aliphatic carbocycles. The number of likely N-dealkylation sites (N-methyl/N-ethyl adjacent to an activating group) is 1. The van der Waals surface area contributed by atoms with Gasteiger partial charge in [0.1, 0.15) is 5.76 Å². The topological polar surface area (TPSA) is 45.5 Å². The van der Waals surface area contributed by atoms with E-state index >= 15 is 0 Å². The largest absolute Gasteiger partial charge is 0.452 e. The van der Waals surface area contributed by atoms with Crippen LogP contribution < -0.4 is 5.32 Å². The molecule has 0 radical (unpaired) electrons. The Morgan fingerprint density at radius 1 is 1.58 bits per heavy atom. The highest BCUT2D eigenvalue weighted by Crippen LogP contribution is 2.27. The van der Waals surface area contributed by atoms with Crippen LogP contribution in [0.25, 0.3) is 0 Å². The Morgan fingerprint density at radius 3 is 2.89 bits per heavy atom. The molecule has 0 saturated carbocycles. The van der Waals surface area contributed by atoms with Gasteiger partial charge in [0, 0.05) is 7.05 Å². The predicted octanol–water partition coefficient (Wildman–Crippen LogP) is 2.92. The summed E-state index contributed by atoms with van der Waals surface area (Å²) in [6.07, 6.45) is 3.93. The first kappa shape index (κ1) is 14.6. The molecule has 1 unspecified atom stereocenters. The Labute approximate surface area is 122 Å². The summed E-state index contributed by atoms with van der Waals surface area (Å²) in [6.45, 7) is 3.57. The maximum atomic E-state index is 12.7. The molecule has 5 heteroatoms. The van der Waals surface area contributed by atoms with Crippen molar-refractivity contribution in [3.63, 3.8) is 0 Å². The summed E-state index contributed by atoms with van der Waals surface area (Å²) in [5.41, 5.74) is -0.354. The smallest absolute Gasteiger partial charge is 0.243 e. The van der Waals surface area contributed by atoms with Crippen LogP contribution in [0.15, 0.2) is 21.2 Å². The fourth-order valence-corrected chi connectivity index (χ4v) is 3.18. The molecule has 106 valence electrons. The number of hydrogen-bond acceptors (Lipinski definition) is 3. The Kier molecular flexibility index (Phi) is 4.68. The van der Waals surface area contributed by atoms with Gasteiger partial charge in [0.2, 0.25) is 5.91 Å². The van der Waals surface area contributed by atoms with Gasteiger partial charge in [-0.25, -0.2) is 0 Å². The molecule has 1 amide bonds. The third-order valence-electron chi connectivity index (χ3n) is 3.70. The maximum Gasteiger partial charge on any atom is 0.243 e. The lowest BCUT2D eigenvalue weighted by Crippen LogP contribution is -2.53. The zero-order valence-corrected chi connectivity index (χ0v) is 13.1. The molecule has 2 heterocycles. The van der Waals surface area contributed by atoms with Crippen molar-refractivity contribution in [2.45, 2.75) is 44.7 Å². The summed E-state index contributed by atoms with van der Waals surface area (Å²) in [4.78, 5) is 14.4. The van der Waals surface area contributed by atoms with Gasteiger partial charge in [-0.1, -0.05) is 13.3 Å². The molecule has 1 fully saturated rings. The van der Waals surface area contributed by atoms with Crippen LogP contribution in [0.3, 0.4) is 0 Å². The number of nitrogens with zero attached hydrogens (tertiary/aromatic N) is 1. The van der Waals surface area contributed by atoms with E-state index in [1.165, 1.54) is 0 Å². The average molecular weight is 329 g/mol. The second-order valence-electron chi connectivity index (χ2n) is 5.23. The number of carbonyl (C=O) groups is 1. The molecule has 0 bridgehead atoms. The van der Waals surface area contributed by atoms with Crippen LogP contribution in [-0.2, 0) is 11.3 Å². The standard InChI is InChI=1S/C14H21BrN2O2/c1-3-7-14(8-4-9-16-14)13(18)17(2)10-11-5-6-12(15)19-11/h5-6,16H,3-4,7-10H2,1-2H3. The molecule has 1 aliphatic heterocycles. The second kappa shape index (κ2) is 6.09. The first-order valence-corrected chi connectivity index (χ1v) is 7.61. The van der Waals surface area contributed by atoms with Crippen LogP contribution >= 0.6 is 15.9 Å². The van der Waals surface area contributed by atoms with Gasteiger partial charge >= 0.3 is 0 Å². The highest BCUT2D eigenvalue weighted by atomic mass is 79.9. The summed E-state index contributed by atoms with van der Waals surface area (Å²) in [5, 5.41) is 3.41. The van der Waals surface area contributed by atoms with Crippen molar-refractivity contribution >= 4 is 21.8 Å². The lowest BCUT2D eigenvalue weighted by molar-refractivity contribution is -0.137. The molecule has 1 N–H and O–H groups in total. The Bertz CT molecular complexity index is 438. The van der Waals surface area contributed by atoms with Crippen molar-refractivity contribution in [1.29, 1.82) is 0 Å². The first-order chi connectivity index (χ1) is 9.07. The number of halogens is 1. The van der Waals surface area contributed by atoms with Crippen molar-refractivity contribution < 1.29 is 9.21 Å². The summed E-state index contributed by atoms with van der Waals surface area (Å²) in [6, 6.07) is 3.74. The molecule has 1 atom stereocenters. The molecule has 0 spiro atoms. The Hall–Kier alpha value is -0.810.